The Kier molecular flexibility index (Phi) is 4.24. The molecule has 0 bridgehead atoms. The first-order valence-corrected chi connectivity index (χ1v) is 6.66. The molecule has 1 aromatic carbocycles. The highest BCUT2D eigenvalue weighted by atomic mass is 79.9. The number of ether oxygens (including phenoxy) is 3. The predicted molar refractivity (Wildman–Crippen MR) is 67.7 cm³/mol. The Morgan fingerprint density at radius 1 is 1.31 bits per heavy atom. The number of hydrogen-bond donors (Lipinski definition) is 0. The summed E-state index contributed by atoms with van der Waals surface area (Å²) >= 11 is 6.93. The van der Waals surface area contributed by atoms with Crippen LogP contribution in [0.15, 0.2) is 21.1 Å². The van der Waals surface area contributed by atoms with Crippen molar-refractivity contribution >= 4 is 31.9 Å². The normalized spacial score (nSPS) is 16.7. The minimum Gasteiger partial charge on any atom is -0.492 e. The zero-order valence-corrected chi connectivity index (χ0v) is 12.0. The SMILES string of the molecule is CCOc1c(Br)cc(Br)cc1C1OCCO1. The lowest BCUT2D eigenvalue weighted by Gasteiger charge is -2.16. The van der Waals surface area contributed by atoms with Crippen LogP contribution in [-0.4, -0.2) is 19.8 Å². The summed E-state index contributed by atoms with van der Waals surface area (Å²) in [6.45, 7) is 3.81. The Balaban J connectivity index is 2.39. The average molecular weight is 352 g/mol. The van der Waals surface area contributed by atoms with Crippen molar-refractivity contribution in [3.63, 3.8) is 0 Å². The van der Waals surface area contributed by atoms with E-state index in [9.17, 15) is 0 Å². The fraction of sp³-hybridized carbons (Fsp3) is 0.455. The van der Waals surface area contributed by atoms with Gasteiger partial charge in [-0.1, -0.05) is 15.9 Å². The second-order valence-corrected chi connectivity index (χ2v) is 5.08. The van der Waals surface area contributed by atoms with Crippen molar-refractivity contribution in [1.29, 1.82) is 0 Å². The van der Waals surface area contributed by atoms with Crippen LogP contribution in [0.1, 0.15) is 18.8 Å². The Bertz CT molecular complexity index is 376. The van der Waals surface area contributed by atoms with Gasteiger partial charge in [0.1, 0.15) is 5.75 Å². The molecule has 1 heterocycles. The molecule has 1 fully saturated rings. The van der Waals surface area contributed by atoms with Crippen molar-refractivity contribution in [2.75, 3.05) is 19.8 Å². The summed E-state index contributed by atoms with van der Waals surface area (Å²) in [4.78, 5) is 0. The van der Waals surface area contributed by atoms with E-state index in [2.05, 4.69) is 31.9 Å². The van der Waals surface area contributed by atoms with Crippen molar-refractivity contribution in [2.45, 2.75) is 13.2 Å². The van der Waals surface area contributed by atoms with E-state index in [-0.39, 0.29) is 6.29 Å². The molecule has 0 radical (unpaired) electrons. The Morgan fingerprint density at radius 3 is 2.62 bits per heavy atom. The van der Waals surface area contributed by atoms with Crippen LogP contribution in [0.5, 0.6) is 5.75 Å². The van der Waals surface area contributed by atoms with Crippen LogP contribution in [0.4, 0.5) is 0 Å². The predicted octanol–water partition coefficient (Wildman–Crippen LogP) is 3.66. The van der Waals surface area contributed by atoms with Crippen LogP contribution in [0.3, 0.4) is 0 Å². The number of hydrogen-bond acceptors (Lipinski definition) is 3. The molecule has 3 nitrogen and oxygen atoms in total. The van der Waals surface area contributed by atoms with Crippen molar-refractivity contribution in [3.8, 4) is 5.75 Å². The van der Waals surface area contributed by atoms with Gasteiger partial charge in [-0.15, -0.1) is 0 Å². The van der Waals surface area contributed by atoms with E-state index in [1.807, 2.05) is 19.1 Å². The summed E-state index contributed by atoms with van der Waals surface area (Å²) in [6.07, 6.45) is -0.324. The lowest BCUT2D eigenvalue weighted by atomic mass is 10.2. The monoisotopic (exact) mass is 350 g/mol. The summed E-state index contributed by atoms with van der Waals surface area (Å²) in [5.41, 5.74) is 0.917. The van der Waals surface area contributed by atoms with E-state index in [4.69, 9.17) is 14.2 Å². The largest absolute Gasteiger partial charge is 0.492 e. The summed E-state index contributed by atoms with van der Waals surface area (Å²) in [5, 5.41) is 0. The second kappa shape index (κ2) is 5.49. The molecule has 16 heavy (non-hydrogen) atoms. The van der Waals surface area contributed by atoms with Gasteiger partial charge in [0.05, 0.1) is 29.9 Å². The van der Waals surface area contributed by atoms with Crippen LogP contribution in [0, 0.1) is 0 Å². The molecular weight excluding hydrogens is 340 g/mol. The molecule has 5 heteroatoms. The van der Waals surface area contributed by atoms with Gasteiger partial charge in [-0.2, -0.15) is 0 Å². The van der Waals surface area contributed by atoms with Gasteiger partial charge >= 0.3 is 0 Å². The Hall–Kier alpha value is -0.100. The Labute approximate surface area is 111 Å². The van der Waals surface area contributed by atoms with E-state index >= 15 is 0 Å². The smallest absolute Gasteiger partial charge is 0.187 e. The lowest BCUT2D eigenvalue weighted by Crippen LogP contribution is -2.04. The standard InChI is InChI=1S/C11H12Br2O3/c1-2-14-10-8(11-15-3-4-16-11)5-7(12)6-9(10)13/h5-6,11H,2-4H2,1H3. The van der Waals surface area contributed by atoms with Crippen LogP contribution in [0.25, 0.3) is 0 Å². The second-order valence-electron chi connectivity index (χ2n) is 3.31. The highest BCUT2D eigenvalue weighted by Crippen LogP contribution is 2.39. The summed E-state index contributed by atoms with van der Waals surface area (Å²) in [7, 11) is 0. The first-order chi connectivity index (χ1) is 7.72. The molecule has 0 amide bonds. The first kappa shape index (κ1) is 12.4. The summed E-state index contributed by atoms with van der Waals surface area (Å²) < 4.78 is 18.5. The fourth-order valence-corrected chi connectivity index (χ4v) is 2.96. The molecule has 2 rings (SSSR count). The minimum absolute atomic E-state index is 0.324. The van der Waals surface area contributed by atoms with Crippen LogP contribution >= 0.6 is 31.9 Å². The Morgan fingerprint density at radius 2 is 2.00 bits per heavy atom. The number of halogens is 2. The van der Waals surface area contributed by atoms with Crippen LogP contribution in [-0.2, 0) is 9.47 Å². The molecule has 0 aromatic heterocycles. The molecule has 0 spiro atoms. The highest BCUT2D eigenvalue weighted by molar-refractivity contribution is 9.11. The quantitative estimate of drug-likeness (QED) is 0.831. The molecule has 0 unspecified atom stereocenters. The van der Waals surface area contributed by atoms with E-state index in [0.717, 1.165) is 20.3 Å². The zero-order chi connectivity index (χ0) is 11.5. The molecule has 1 saturated heterocycles. The molecule has 1 aliphatic heterocycles. The van der Waals surface area contributed by atoms with Gasteiger partial charge in [-0.25, -0.2) is 0 Å². The summed E-state index contributed by atoms with van der Waals surface area (Å²) in [5.74, 6) is 0.789. The topological polar surface area (TPSA) is 27.7 Å². The average Bonchev–Trinajstić information content (AvgIpc) is 2.75. The molecule has 0 atom stereocenters. The third-order valence-corrected chi connectivity index (χ3v) is 3.25. The first-order valence-electron chi connectivity index (χ1n) is 5.07. The van der Waals surface area contributed by atoms with E-state index in [1.54, 1.807) is 0 Å². The minimum atomic E-state index is -0.324. The van der Waals surface area contributed by atoms with Gasteiger partial charge < -0.3 is 14.2 Å². The maximum atomic E-state index is 5.61. The van der Waals surface area contributed by atoms with E-state index < -0.39 is 0 Å². The molecule has 0 N–H and O–H groups in total. The van der Waals surface area contributed by atoms with Crippen molar-refractivity contribution in [1.82, 2.24) is 0 Å². The van der Waals surface area contributed by atoms with Crippen molar-refractivity contribution < 1.29 is 14.2 Å². The lowest BCUT2D eigenvalue weighted by molar-refractivity contribution is -0.0458. The molecule has 1 aromatic rings. The third kappa shape index (κ3) is 2.59. The van der Waals surface area contributed by atoms with E-state index in [1.165, 1.54) is 0 Å². The van der Waals surface area contributed by atoms with Gasteiger partial charge in [0.15, 0.2) is 6.29 Å². The zero-order valence-electron chi connectivity index (χ0n) is 8.83. The number of rotatable bonds is 3. The third-order valence-electron chi connectivity index (χ3n) is 2.20. The molecule has 1 aliphatic rings. The van der Waals surface area contributed by atoms with Gasteiger partial charge in [0.2, 0.25) is 0 Å². The van der Waals surface area contributed by atoms with Gasteiger partial charge in [-0.3, -0.25) is 0 Å². The maximum Gasteiger partial charge on any atom is 0.187 e. The molecule has 0 aliphatic carbocycles. The van der Waals surface area contributed by atoms with Crippen LogP contribution in [0.2, 0.25) is 0 Å². The molecule has 88 valence electrons. The van der Waals surface area contributed by atoms with Crippen LogP contribution < -0.4 is 4.74 Å². The van der Waals surface area contributed by atoms with Gasteiger partial charge in [-0.05, 0) is 35.0 Å². The summed E-state index contributed by atoms with van der Waals surface area (Å²) in [6, 6.07) is 3.91. The van der Waals surface area contributed by atoms with Gasteiger partial charge in [0, 0.05) is 4.47 Å². The number of benzene rings is 1. The molecular formula is C11H12Br2O3. The molecule has 0 saturated carbocycles. The van der Waals surface area contributed by atoms with Gasteiger partial charge in [0.25, 0.3) is 0 Å². The van der Waals surface area contributed by atoms with E-state index in [0.29, 0.717) is 19.8 Å². The maximum absolute atomic E-state index is 5.61. The highest BCUT2D eigenvalue weighted by Gasteiger charge is 2.24. The van der Waals surface area contributed by atoms with Crippen molar-refractivity contribution in [2.24, 2.45) is 0 Å². The fourth-order valence-electron chi connectivity index (χ4n) is 1.59. The van der Waals surface area contributed by atoms with Crippen molar-refractivity contribution in [3.05, 3.63) is 26.6 Å².